The van der Waals surface area contributed by atoms with Crippen molar-refractivity contribution in [1.82, 2.24) is 9.80 Å². The number of fused-ring (bicyclic) bond motifs is 4. The highest BCUT2D eigenvalue weighted by atomic mass is 19.1. The molecule has 4 nitrogen and oxygen atoms in total. The van der Waals surface area contributed by atoms with Crippen molar-refractivity contribution < 1.29 is 13.6 Å². The first-order valence-electron chi connectivity index (χ1n) is 8.49. The molecule has 4 heterocycles. The summed E-state index contributed by atoms with van der Waals surface area (Å²) in [6.07, 6.45) is 5.29. The van der Waals surface area contributed by atoms with Crippen LogP contribution < -0.4 is 0 Å². The largest absolute Gasteiger partial charge is 0.472 e. The van der Waals surface area contributed by atoms with E-state index in [-0.39, 0.29) is 17.8 Å². The van der Waals surface area contributed by atoms with E-state index in [0.717, 1.165) is 38.2 Å². The molecule has 2 bridgehead atoms. The van der Waals surface area contributed by atoms with Crippen LogP contribution in [0.3, 0.4) is 0 Å². The van der Waals surface area contributed by atoms with Gasteiger partial charge < -0.3 is 9.32 Å². The molecule has 1 aromatic heterocycles. The molecular weight excluding hydrogens is 307 g/mol. The van der Waals surface area contributed by atoms with Crippen molar-refractivity contribution >= 4 is 5.91 Å². The molecule has 0 spiro atoms. The fraction of sp³-hybridized carbons (Fsp3) is 0.421. The molecule has 2 atom stereocenters. The highest BCUT2D eigenvalue weighted by Crippen LogP contribution is 2.30. The van der Waals surface area contributed by atoms with Crippen LogP contribution in [0.15, 0.2) is 47.3 Å². The van der Waals surface area contributed by atoms with Gasteiger partial charge in [-0.15, -0.1) is 0 Å². The van der Waals surface area contributed by atoms with E-state index in [1.165, 1.54) is 24.8 Å². The maximum atomic E-state index is 13.1. The first-order chi connectivity index (χ1) is 11.7. The van der Waals surface area contributed by atoms with E-state index < -0.39 is 0 Å². The summed E-state index contributed by atoms with van der Waals surface area (Å²) in [4.78, 5) is 17.1. The zero-order valence-electron chi connectivity index (χ0n) is 13.5. The smallest absolute Gasteiger partial charge is 0.257 e. The molecule has 1 aromatic carbocycles. The molecule has 3 saturated heterocycles. The third-order valence-corrected chi connectivity index (χ3v) is 5.14. The average Bonchev–Trinajstić information content (AvgIpc) is 2.99. The van der Waals surface area contributed by atoms with Gasteiger partial charge in [0.05, 0.1) is 11.8 Å². The lowest BCUT2D eigenvalue weighted by Crippen LogP contribution is -2.47. The number of halogens is 1. The SMILES string of the molecule is O=C(c1ccoc1)N1C[C@H]2CC[C@@H]1CN(Cc1ccc(F)cc1)C2. The van der Waals surface area contributed by atoms with E-state index in [0.29, 0.717) is 11.5 Å². The maximum Gasteiger partial charge on any atom is 0.257 e. The summed E-state index contributed by atoms with van der Waals surface area (Å²) in [6, 6.07) is 8.68. The predicted octanol–water partition coefficient (Wildman–Crippen LogP) is 3.16. The average molecular weight is 328 g/mol. The molecule has 5 rings (SSSR count). The molecule has 0 radical (unpaired) electrons. The first kappa shape index (κ1) is 15.4. The molecular formula is C19H21FN2O2. The second-order valence-electron chi connectivity index (χ2n) is 6.89. The number of hydrogen-bond acceptors (Lipinski definition) is 3. The fourth-order valence-electron chi connectivity index (χ4n) is 3.96. The first-order valence-corrected chi connectivity index (χ1v) is 8.49. The summed E-state index contributed by atoms with van der Waals surface area (Å²) < 4.78 is 18.1. The lowest BCUT2D eigenvalue weighted by atomic mass is 9.94. The summed E-state index contributed by atoms with van der Waals surface area (Å²) in [6.45, 7) is 3.48. The fourth-order valence-corrected chi connectivity index (χ4v) is 3.96. The topological polar surface area (TPSA) is 36.7 Å². The predicted molar refractivity (Wildman–Crippen MR) is 87.9 cm³/mol. The zero-order chi connectivity index (χ0) is 16.5. The Morgan fingerprint density at radius 1 is 1.12 bits per heavy atom. The molecule has 3 aliphatic rings. The molecule has 24 heavy (non-hydrogen) atoms. The molecule has 0 unspecified atom stereocenters. The van der Waals surface area contributed by atoms with Crippen LogP contribution in [0.5, 0.6) is 0 Å². The van der Waals surface area contributed by atoms with Crippen molar-refractivity contribution in [2.24, 2.45) is 5.92 Å². The Morgan fingerprint density at radius 3 is 2.71 bits per heavy atom. The van der Waals surface area contributed by atoms with E-state index in [1.54, 1.807) is 12.3 Å². The van der Waals surface area contributed by atoms with Gasteiger partial charge in [-0.3, -0.25) is 9.69 Å². The van der Waals surface area contributed by atoms with Crippen LogP contribution in [0.4, 0.5) is 4.39 Å². The molecule has 0 aliphatic carbocycles. The third-order valence-electron chi connectivity index (χ3n) is 5.14. The van der Waals surface area contributed by atoms with Gasteiger partial charge in [0.2, 0.25) is 0 Å². The van der Waals surface area contributed by atoms with Crippen molar-refractivity contribution in [1.29, 1.82) is 0 Å². The van der Waals surface area contributed by atoms with Crippen molar-refractivity contribution in [2.75, 3.05) is 19.6 Å². The number of carbonyl (C=O) groups excluding carboxylic acids is 1. The Kier molecular flexibility index (Phi) is 4.10. The Morgan fingerprint density at radius 2 is 1.96 bits per heavy atom. The standard InChI is InChI=1S/C19H21FN2O2/c20-17-4-1-14(2-5-17)9-21-10-15-3-6-18(12-21)22(11-15)19(23)16-7-8-24-13-16/h1-2,4-5,7-8,13,15,18H,3,6,9-12H2/t15-,18+/m0/s1. The summed E-state index contributed by atoms with van der Waals surface area (Å²) in [7, 11) is 0. The Bertz CT molecular complexity index is 699. The number of hydrogen-bond donors (Lipinski definition) is 0. The van der Waals surface area contributed by atoms with Gasteiger partial charge >= 0.3 is 0 Å². The van der Waals surface area contributed by atoms with E-state index in [4.69, 9.17) is 4.42 Å². The van der Waals surface area contributed by atoms with Crippen LogP contribution in [0.2, 0.25) is 0 Å². The minimum absolute atomic E-state index is 0.0714. The maximum absolute atomic E-state index is 13.1. The molecule has 0 N–H and O–H groups in total. The highest BCUT2D eigenvalue weighted by Gasteiger charge is 2.37. The second kappa shape index (κ2) is 6.40. The number of rotatable bonds is 3. The zero-order valence-corrected chi connectivity index (χ0v) is 13.5. The van der Waals surface area contributed by atoms with Crippen molar-refractivity contribution in [3.63, 3.8) is 0 Å². The molecule has 126 valence electrons. The molecule has 0 saturated carbocycles. The summed E-state index contributed by atoms with van der Waals surface area (Å²) in [5, 5.41) is 0. The minimum atomic E-state index is -0.202. The monoisotopic (exact) mass is 328 g/mol. The van der Waals surface area contributed by atoms with Crippen LogP contribution in [-0.2, 0) is 6.54 Å². The molecule has 5 heteroatoms. The van der Waals surface area contributed by atoms with Gasteiger partial charge in [-0.25, -0.2) is 4.39 Å². The van der Waals surface area contributed by atoms with E-state index >= 15 is 0 Å². The number of piperidine rings is 1. The van der Waals surface area contributed by atoms with Crippen LogP contribution in [0.25, 0.3) is 0 Å². The summed E-state index contributed by atoms with van der Waals surface area (Å²) in [5.74, 6) is 0.369. The van der Waals surface area contributed by atoms with E-state index in [2.05, 4.69) is 4.90 Å². The van der Waals surface area contributed by atoms with Crippen LogP contribution in [0, 0.1) is 11.7 Å². The number of furan rings is 1. The van der Waals surface area contributed by atoms with Crippen LogP contribution in [-0.4, -0.2) is 41.4 Å². The van der Waals surface area contributed by atoms with Crippen molar-refractivity contribution in [3.8, 4) is 0 Å². The lowest BCUT2D eigenvalue weighted by Gasteiger charge is -2.36. The van der Waals surface area contributed by atoms with Gasteiger partial charge in [0.1, 0.15) is 12.1 Å². The van der Waals surface area contributed by atoms with Gasteiger partial charge in [-0.2, -0.15) is 0 Å². The quantitative estimate of drug-likeness (QED) is 0.868. The van der Waals surface area contributed by atoms with Gasteiger partial charge in [-0.1, -0.05) is 12.1 Å². The lowest BCUT2D eigenvalue weighted by molar-refractivity contribution is 0.0584. The van der Waals surface area contributed by atoms with Gasteiger partial charge in [-0.05, 0) is 42.5 Å². The normalized spacial score (nSPS) is 24.1. The van der Waals surface area contributed by atoms with E-state index in [9.17, 15) is 9.18 Å². The number of amides is 1. The van der Waals surface area contributed by atoms with Gasteiger partial charge in [0, 0.05) is 32.2 Å². The highest BCUT2D eigenvalue weighted by molar-refractivity contribution is 5.94. The molecule has 1 amide bonds. The molecule has 2 aromatic rings. The number of benzene rings is 1. The minimum Gasteiger partial charge on any atom is -0.472 e. The van der Waals surface area contributed by atoms with Crippen molar-refractivity contribution in [3.05, 3.63) is 59.8 Å². The Balaban J connectivity index is 1.48. The Labute approximate surface area is 140 Å². The van der Waals surface area contributed by atoms with Gasteiger partial charge in [0.25, 0.3) is 5.91 Å². The molecule has 3 aliphatic heterocycles. The third kappa shape index (κ3) is 3.08. The van der Waals surface area contributed by atoms with Crippen molar-refractivity contribution in [2.45, 2.75) is 25.4 Å². The van der Waals surface area contributed by atoms with Crippen LogP contribution in [0.1, 0.15) is 28.8 Å². The molecule has 3 fully saturated rings. The van der Waals surface area contributed by atoms with Crippen LogP contribution >= 0.6 is 0 Å². The number of carbonyl (C=O) groups is 1. The number of nitrogens with zero attached hydrogens (tertiary/aromatic N) is 2. The summed E-state index contributed by atoms with van der Waals surface area (Å²) >= 11 is 0. The Hall–Kier alpha value is -2.14. The van der Waals surface area contributed by atoms with E-state index in [1.807, 2.05) is 17.0 Å². The van der Waals surface area contributed by atoms with Gasteiger partial charge in [0.15, 0.2) is 0 Å². The summed E-state index contributed by atoms with van der Waals surface area (Å²) in [5.41, 5.74) is 1.75. The second-order valence-corrected chi connectivity index (χ2v) is 6.89.